The average Bonchev–Trinajstić information content (AvgIpc) is 3.29. The standard InChI is InChI=1S/C23H19F3N2O4S2/c1-14(28-22(29)23(24,25)26)15-5-7-16(8-6-15)34(30,31)19-10-9-18-17(11-13-32-18)21(19)33-20-4-2-3-12-27-20/h2-10,12,14H,11,13H2,1H3,(H,28,29)/t14-/m0/s1. The smallest absolute Gasteiger partial charge is 0.471 e. The van der Waals surface area contributed by atoms with Crippen LogP contribution in [0.2, 0.25) is 0 Å². The molecule has 0 saturated heterocycles. The number of aromatic nitrogens is 1. The molecule has 178 valence electrons. The summed E-state index contributed by atoms with van der Waals surface area (Å²) in [4.78, 5) is 16.1. The van der Waals surface area contributed by atoms with Crippen molar-refractivity contribution in [1.82, 2.24) is 10.3 Å². The van der Waals surface area contributed by atoms with E-state index < -0.39 is 28.0 Å². The summed E-state index contributed by atoms with van der Waals surface area (Å²) in [5, 5.41) is 2.48. The number of nitrogens with one attached hydrogen (secondary N) is 1. The van der Waals surface area contributed by atoms with Crippen LogP contribution in [0.5, 0.6) is 5.75 Å². The summed E-state index contributed by atoms with van der Waals surface area (Å²) in [7, 11) is -3.97. The molecule has 0 unspecified atom stereocenters. The third-order valence-corrected chi connectivity index (χ3v) is 8.28. The van der Waals surface area contributed by atoms with Crippen molar-refractivity contribution in [2.75, 3.05) is 6.61 Å². The number of halogens is 3. The molecule has 0 spiro atoms. The molecule has 1 aromatic heterocycles. The third-order valence-electron chi connectivity index (χ3n) is 5.22. The molecule has 3 aromatic rings. The number of fused-ring (bicyclic) bond motifs is 1. The van der Waals surface area contributed by atoms with Gasteiger partial charge in [0.05, 0.1) is 22.4 Å². The van der Waals surface area contributed by atoms with E-state index in [2.05, 4.69) is 4.98 Å². The van der Waals surface area contributed by atoms with E-state index in [0.29, 0.717) is 34.3 Å². The minimum Gasteiger partial charge on any atom is -0.493 e. The minimum absolute atomic E-state index is 0.0210. The van der Waals surface area contributed by atoms with Crippen molar-refractivity contribution in [2.24, 2.45) is 0 Å². The molecule has 2 aromatic carbocycles. The van der Waals surface area contributed by atoms with E-state index in [0.717, 1.165) is 5.56 Å². The first-order valence-corrected chi connectivity index (χ1v) is 12.5. The number of hydrogen-bond acceptors (Lipinski definition) is 6. The van der Waals surface area contributed by atoms with Gasteiger partial charge in [-0.2, -0.15) is 13.2 Å². The van der Waals surface area contributed by atoms with Gasteiger partial charge in [-0.1, -0.05) is 30.0 Å². The van der Waals surface area contributed by atoms with Gasteiger partial charge in [-0.25, -0.2) is 13.4 Å². The molecule has 6 nitrogen and oxygen atoms in total. The molecule has 0 aliphatic carbocycles. The first kappa shape index (κ1) is 24.1. The lowest BCUT2D eigenvalue weighted by Gasteiger charge is -2.17. The van der Waals surface area contributed by atoms with Crippen LogP contribution >= 0.6 is 11.8 Å². The van der Waals surface area contributed by atoms with E-state index in [1.807, 2.05) is 5.32 Å². The minimum atomic E-state index is -5.00. The summed E-state index contributed by atoms with van der Waals surface area (Å²) in [6, 6.07) is 12.9. The quantitative estimate of drug-likeness (QED) is 0.518. The molecule has 0 bridgehead atoms. The van der Waals surface area contributed by atoms with Gasteiger partial charge in [-0.15, -0.1) is 0 Å². The van der Waals surface area contributed by atoms with Crippen molar-refractivity contribution >= 4 is 27.5 Å². The zero-order chi connectivity index (χ0) is 24.5. The lowest BCUT2D eigenvalue weighted by Crippen LogP contribution is -2.38. The number of ether oxygens (including phenoxy) is 1. The van der Waals surface area contributed by atoms with Crippen LogP contribution in [0.1, 0.15) is 24.1 Å². The highest BCUT2D eigenvalue weighted by molar-refractivity contribution is 8.00. The highest BCUT2D eigenvalue weighted by Gasteiger charge is 2.39. The Labute approximate surface area is 198 Å². The van der Waals surface area contributed by atoms with Crippen LogP contribution in [0, 0.1) is 0 Å². The Hall–Kier alpha value is -3.05. The van der Waals surface area contributed by atoms with Gasteiger partial charge in [0.15, 0.2) is 0 Å². The van der Waals surface area contributed by atoms with Crippen LogP contribution in [-0.2, 0) is 21.1 Å². The highest BCUT2D eigenvalue weighted by atomic mass is 32.2. The van der Waals surface area contributed by atoms with E-state index in [1.165, 1.54) is 49.0 Å². The number of rotatable bonds is 6. The number of alkyl halides is 3. The maximum Gasteiger partial charge on any atom is 0.471 e. The van der Waals surface area contributed by atoms with Crippen molar-refractivity contribution in [1.29, 1.82) is 0 Å². The molecule has 1 aliphatic rings. The molecule has 2 heterocycles. The summed E-state index contributed by atoms with van der Waals surface area (Å²) in [5.74, 6) is -1.43. The Morgan fingerprint density at radius 3 is 2.50 bits per heavy atom. The fraction of sp³-hybridized carbons (Fsp3) is 0.217. The molecule has 1 aliphatic heterocycles. The summed E-state index contributed by atoms with van der Waals surface area (Å²) in [6.07, 6.45) is -2.83. The Kier molecular flexibility index (Phi) is 6.59. The van der Waals surface area contributed by atoms with Crippen molar-refractivity contribution in [3.05, 3.63) is 71.9 Å². The number of hydrogen-bond donors (Lipinski definition) is 1. The van der Waals surface area contributed by atoms with Gasteiger partial charge in [0.1, 0.15) is 10.8 Å². The van der Waals surface area contributed by atoms with E-state index in [4.69, 9.17) is 4.74 Å². The molecule has 11 heteroatoms. The number of nitrogens with zero attached hydrogens (tertiary/aromatic N) is 1. The second kappa shape index (κ2) is 9.30. The first-order chi connectivity index (χ1) is 16.1. The van der Waals surface area contributed by atoms with E-state index in [9.17, 15) is 26.4 Å². The fourth-order valence-corrected chi connectivity index (χ4v) is 6.26. The van der Waals surface area contributed by atoms with Crippen molar-refractivity contribution in [3.8, 4) is 5.75 Å². The van der Waals surface area contributed by atoms with Crippen LogP contribution in [0.15, 0.2) is 80.5 Å². The largest absolute Gasteiger partial charge is 0.493 e. The number of carbonyl (C=O) groups is 1. The molecule has 34 heavy (non-hydrogen) atoms. The van der Waals surface area contributed by atoms with Gasteiger partial charge in [-0.3, -0.25) is 4.79 Å². The first-order valence-electron chi connectivity index (χ1n) is 10.2. The Morgan fingerprint density at radius 2 is 1.85 bits per heavy atom. The van der Waals surface area contributed by atoms with Gasteiger partial charge in [0.25, 0.3) is 0 Å². The van der Waals surface area contributed by atoms with Crippen LogP contribution in [-0.4, -0.2) is 32.1 Å². The summed E-state index contributed by atoms with van der Waals surface area (Å²) < 4.78 is 70.2. The number of benzene rings is 2. The Balaban J connectivity index is 1.67. The molecule has 0 radical (unpaired) electrons. The van der Waals surface area contributed by atoms with Gasteiger partial charge in [0, 0.05) is 23.1 Å². The topological polar surface area (TPSA) is 85.4 Å². The average molecular weight is 509 g/mol. The lowest BCUT2D eigenvalue weighted by atomic mass is 10.1. The lowest BCUT2D eigenvalue weighted by molar-refractivity contribution is -0.174. The van der Waals surface area contributed by atoms with Crippen LogP contribution in [0.4, 0.5) is 13.2 Å². The molecule has 0 fully saturated rings. The fourth-order valence-electron chi connectivity index (χ4n) is 3.48. The van der Waals surface area contributed by atoms with Gasteiger partial charge in [-0.05, 0) is 48.9 Å². The molecule has 1 N–H and O–H groups in total. The van der Waals surface area contributed by atoms with Crippen molar-refractivity contribution < 1.29 is 31.1 Å². The summed E-state index contributed by atoms with van der Waals surface area (Å²) in [5.41, 5.74) is 1.12. The number of carbonyl (C=O) groups excluding carboxylic acids is 1. The van der Waals surface area contributed by atoms with Crippen molar-refractivity contribution in [3.63, 3.8) is 0 Å². The van der Waals surface area contributed by atoms with Gasteiger partial charge < -0.3 is 10.1 Å². The molecule has 1 amide bonds. The van der Waals surface area contributed by atoms with Gasteiger partial charge >= 0.3 is 12.1 Å². The highest BCUT2D eigenvalue weighted by Crippen LogP contribution is 2.43. The zero-order valence-corrected chi connectivity index (χ0v) is 19.4. The molecular weight excluding hydrogens is 489 g/mol. The van der Waals surface area contributed by atoms with Gasteiger partial charge in [0.2, 0.25) is 9.84 Å². The summed E-state index contributed by atoms with van der Waals surface area (Å²) in [6.45, 7) is 1.83. The van der Waals surface area contributed by atoms with E-state index in [1.54, 1.807) is 30.5 Å². The second-order valence-electron chi connectivity index (χ2n) is 7.50. The van der Waals surface area contributed by atoms with E-state index in [-0.39, 0.29) is 9.79 Å². The van der Waals surface area contributed by atoms with Crippen LogP contribution in [0.3, 0.4) is 0 Å². The predicted octanol–water partition coefficient (Wildman–Crippen LogP) is 4.74. The Bertz CT molecular complexity index is 1310. The molecule has 4 rings (SSSR count). The monoisotopic (exact) mass is 508 g/mol. The zero-order valence-electron chi connectivity index (χ0n) is 17.8. The third kappa shape index (κ3) is 4.90. The summed E-state index contributed by atoms with van der Waals surface area (Å²) >= 11 is 1.23. The van der Waals surface area contributed by atoms with Crippen molar-refractivity contribution in [2.45, 2.75) is 45.3 Å². The van der Waals surface area contributed by atoms with Crippen LogP contribution in [0.25, 0.3) is 0 Å². The van der Waals surface area contributed by atoms with Crippen LogP contribution < -0.4 is 10.1 Å². The molecule has 0 saturated carbocycles. The molecule has 1 atom stereocenters. The normalized spacial score (nSPS) is 14.2. The SMILES string of the molecule is C[C@H](NC(=O)C(F)(F)F)c1ccc(S(=O)(=O)c2ccc3c(c2Sc2ccccn2)CCO3)cc1. The number of sulfone groups is 1. The predicted molar refractivity (Wildman–Crippen MR) is 119 cm³/mol. The maximum atomic E-state index is 13.5. The second-order valence-corrected chi connectivity index (χ2v) is 10.5. The van der Waals surface area contributed by atoms with E-state index >= 15 is 0 Å². The molecular formula is C23H19F3N2O4S2. The maximum absolute atomic E-state index is 13.5. The number of pyridine rings is 1. The Morgan fingerprint density at radius 1 is 1.12 bits per heavy atom. The number of amides is 1.